The van der Waals surface area contributed by atoms with Crippen LogP contribution in [0, 0.1) is 5.82 Å². The first-order chi connectivity index (χ1) is 7.41. The minimum absolute atomic E-state index is 0.0958. The van der Waals surface area contributed by atoms with Crippen LogP contribution in [0.4, 0.5) is 10.2 Å². The Labute approximate surface area is 102 Å². The number of anilines is 1. The number of nitrogens with zero attached hydrogens (tertiary/aromatic N) is 3. The fourth-order valence-electron chi connectivity index (χ4n) is 1.11. The van der Waals surface area contributed by atoms with Crippen LogP contribution < -0.4 is 4.90 Å². The van der Waals surface area contributed by atoms with Crippen molar-refractivity contribution in [2.45, 2.75) is 0 Å². The Morgan fingerprint density at radius 1 is 1.50 bits per heavy atom. The normalized spacial score (nSPS) is 10.1. The Morgan fingerprint density at radius 3 is 2.62 bits per heavy atom. The van der Waals surface area contributed by atoms with E-state index in [1.165, 1.54) is 22.1 Å². The molecule has 0 fully saturated rings. The Kier molecular flexibility index (Phi) is 4.23. The van der Waals surface area contributed by atoms with Crippen LogP contribution in [0.2, 0.25) is 0 Å². The Balaban J connectivity index is 2.80. The van der Waals surface area contributed by atoms with E-state index < -0.39 is 5.82 Å². The molecule has 0 saturated carbocycles. The molecule has 0 aliphatic heterocycles. The number of carbonyl (C=O) groups excluding carboxylic acids is 1. The molecule has 0 N–H and O–H groups in total. The highest BCUT2D eigenvalue weighted by molar-refractivity contribution is 9.10. The highest BCUT2D eigenvalue weighted by Crippen LogP contribution is 2.18. The lowest BCUT2D eigenvalue weighted by Gasteiger charge is -2.20. The highest BCUT2D eigenvalue weighted by atomic mass is 79.9. The Hall–Kier alpha value is -1.17. The zero-order valence-electron chi connectivity index (χ0n) is 9.37. The molecular weight excluding hydrogens is 277 g/mol. The predicted molar refractivity (Wildman–Crippen MR) is 63.9 cm³/mol. The van der Waals surface area contributed by atoms with Crippen molar-refractivity contribution < 1.29 is 9.18 Å². The molecule has 1 rings (SSSR count). The van der Waals surface area contributed by atoms with Gasteiger partial charge in [0.25, 0.3) is 0 Å². The van der Waals surface area contributed by atoms with Crippen LogP contribution in [0.3, 0.4) is 0 Å². The van der Waals surface area contributed by atoms with Crippen LogP contribution in [0.15, 0.2) is 16.7 Å². The molecule has 1 aromatic rings. The molecule has 0 saturated heterocycles. The lowest BCUT2D eigenvalue weighted by atomic mass is 10.4. The summed E-state index contributed by atoms with van der Waals surface area (Å²) in [4.78, 5) is 18.3. The summed E-state index contributed by atoms with van der Waals surface area (Å²) in [7, 11) is 4.93. The van der Waals surface area contributed by atoms with E-state index in [-0.39, 0.29) is 18.3 Å². The number of pyridine rings is 1. The Morgan fingerprint density at radius 2 is 2.12 bits per heavy atom. The summed E-state index contributed by atoms with van der Waals surface area (Å²) in [5.74, 6) is -0.395. The highest BCUT2D eigenvalue weighted by Gasteiger charge is 2.14. The molecule has 6 heteroatoms. The van der Waals surface area contributed by atoms with Crippen molar-refractivity contribution in [3.8, 4) is 0 Å². The monoisotopic (exact) mass is 289 g/mol. The first kappa shape index (κ1) is 12.9. The SMILES string of the molecule is CN(C)C(=O)CN(C)c1ncc(Br)cc1F. The van der Waals surface area contributed by atoms with Gasteiger partial charge in [0.1, 0.15) is 0 Å². The second-order valence-corrected chi connectivity index (χ2v) is 4.52. The number of amides is 1. The van der Waals surface area contributed by atoms with Gasteiger partial charge in [-0.3, -0.25) is 4.79 Å². The molecular formula is C10H13BrFN3O. The largest absolute Gasteiger partial charge is 0.348 e. The molecule has 0 unspecified atom stereocenters. The third-order valence-electron chi connectivity index (χ3n) is 2.02. The molecule has 4 nitrogen and oxygen atoms in total. The number of rotatable bonds is 3. The van der Waals surface area contributed by atoms with E-state index in [4.69, 9.17) is 0 Å². The molecule has 0 aliphatic carbocycles. The van der Waals surface area contributed by atoms with Gasteiger partial charge in [-0.1, -0.05) is 0 Å². The van der Waals surface area contributed by atoms with Crippen LogP contribution in [0.5, 0.6) is 0 Å². The summed E-state index contributed by atoms with van der Waals surface area (Å²) < 4.78 is 14.1. The first-order valence-corrected chi connectivity index (χ1v) is 5.43. The summed E-state index contributed by atoms with van der Waals surface area (Å²) in [6.07, 6.45) is 1.50. The maximum absolute atomic E-state index is 13.5. The van der Waals surface area contributed by atoms with Crippen LogP contribution in [-0.2, 0) is 4.79 Å². The molecule has 0 bridgehead atoms. The van der Waals surface area contributed by atoms with Crippen molar-refractivity contribution in [2.75, 3.05) is 32.6 Å². The van der Waals surface area contributed by atoms with Gasteiger partial charge in [-0.05, 0) is 22.0 Å². The third-order valence-corrected chi connectivity index (χ3v) is 2.45. The summed E-state index contributed by atoms with van der Waals surface area (Å²) in [6.45, 7) is 0.0958. The van der Waals surface area contributed by atoms with Gasteiger partial charge >= 0.3 is 0 Å². The summed E-state index contributed by atoms with van der Waals surface area (Å²) in [5, 5.41) is 0. The molecule has 0 spiro atoms. The number of likely N-dealkylation sites (N-methyl/N-ethyl adjacent to an activating group) is 2. The van der Waals surface area contributed by atoms with Gasteiger partial charge in [0, 0.05) is 31.8 Å². The zero-order chi connectivity index (χ0) is 12.3. The second kappa shape index (κ2) is 5.25. The summed E-state index contributed by atoms with van der Waals surface area (Å²) in [6, 6.07) is 1.32. The number of halogens is 2. The average molecular weight is 290 g/mol. The van der Waals surface area contributed by atoms with Crippen molar-refractivity contribution in [2.24, 2.45) is 0 Å². The van der Waals surface area contributed by atoms with Crippen molar-refractivity contribution >= 4 is 27.7 Å². The van der Waals surface area contributed by atoms with Gasteiger partial charge in [0.05, 0.1) is 6.54 Å². The molecule has 0 aromatic carbocycles. The van der Waals surface area contributed by atoms with E-state index in [1.54, 1.807) is 21.1 Å². The van der Waals surface area contributed by atoms with E-state index in [2.05, 4.69) is 20.9 Å². The summed E-state index contributed by atoms with van der Waals surface area (Å²) in [5.41, 5.74) is 0. The van der Waals surface area contributed by atoms with Gasteiger partial charge in [-0.2, -0.15) is 0 Å². The van der Waals surface area contributed by atoms with Gasteiger partial charge in [0.2, 0.25) is 5.91 Å². The molecule has 88 valence electrons. The number of hydrogen-bond acceptors (Lipinski definition) is 3. The third kappa shape index (κ3) is 3.16. The van der Waals surface area contributed by atoms with Crippen LogP contribution in [-0.4, -0.2) is 43.5 Å². The first-order valence-electron chi connectivity index (χ1n) is 4.64. The fraction of sp³-hybridized carbons (Fsp3) is 0.400. The molecule has 0 atom stereocenters. The fourth-order valence-corrected chi connectivity index (χ4v) is 1.41. The molecule has 1 aromatic heterocycles. The van der Waals surface area contributed by atoms with E-state index in [0.717, 1.165) is 0 Å². The molecule has 0 aliphatic rings. The Bertz CT molecular complexity index is 398. The summed E-state index contributed by atoms with van der Waals surface area (Å²) >= 11 is 3.12. The number of aromatic nitrogens is 1. The van der Waals surface area contributed by atoms with E-state index in [9.17, 15) is 9.18 Å². The number of carbonyl (C=O) groups is 1. The van der Waals surface area contributed by atoms with E-state index in [0.29, 0.717) is 4.47 Å². The van der Waals surface area contributed by atoms with Gasteiger partial charge in [-0.15, -0.1) is 0 Å². The van der Waals surface area contributed by atoms with Crippen molar-refractivity contribution in [1.82, 2.24) is 9.88 Å². The van der Waals surface area contributed by atoms with E-state index >= 15 is 0 Å². The maximum Gasteiger partial charge on any atom is 0.241 e. The molecule has 0 radical (unpaired) electrons. The minimum Gasteiger partial charge on any atom is -0.348 e. The van der Waals surface area contributed by atoms with Gasteiger partial charge < -0.3 is 9.80 Å². The second-order valence-electron chi connectivity index (χ2n) is 3.60. The van der Waals surface area contributed by atoms with Crippen molar-refractivity contribution in [3.05, 3.63) is 22.6 Å². The standard InChI is InChI=1S/C10H13BrFN3O/c1-14(2)9(16)6-15(3)10-8(12)4-7(11)5-13-10/h4-5H,6H2,1-3H3. The van der Waals surface area contributed by atoms with Crippen molar-refractivity contribution in [3.63, 3.8) is 0 Å². The van der Waals surface area contributed by atoms with Crippen LogP contribution >= 0.6 is 15.9 Å². The topological polar surface area (TPSA) is 36.4 Å². The van der Waals surface area contributed by atoms with Crippen LogP contribution in [0.1, 0.15) is 0 Å². The maximum atomic E-state index is 13.5. The average Bonchev–Trinajstić information content (AvgIpc) is 2.16. The lowest BCUT2D eigenvalue weighted by molar-refractivity contribution is -0.127. The van der Waals surface area contributed by atoms with E-state index in [1.807, 2.05) is 0 Å². The van der Waals surface area contributed by atoms with Gasteiger partial charge in [0.15, 0.2) is 11.6 Å². The number of hydrogen-bond donors (Lipinski definition) is 0. The van der Waals surface area contributed by atoms with Gasteiger partial charge in [-0.25, -0.2) is 9.37 Å². The molecule has 1 heterocycles. The molecule has 16 heavy (non-hydrogen) atoms. The van der Waals surface area contributed by atoms with Crippen LogP contribution in [0.25, 0.3) is 0 Å². The predicted octanol–water partition coefficient (Wildman–Crippen LogP) is 1.51. The zero-order valence-corrected chi connectivity index (χ0v) is 11.0. The smallest absolute Gasteiger partial charge is 0.241 e. The molecule has 1 amide bonds. The minimum atomic E-state index is -0.455. The lowest BCUT2D eigenvalue weighted by Crippen LogP contribution is -2.35. The quantitative estimate of drug-likeness (QED) is 0.846. The van der Waals surface area contributed by atoms with Crippen molar-refractivity contribution in [1.29, 1.82) is 0 Å².